The third kappa shape index (κ3) is 5.17. The standard InChI is InChI=1S/C25H29F2N2O3S/c1-19-28(13-14-29(19)18-20-7-3-2-4-8-20)12-6-15-32-23(30)25(31,22-9-5-16-33-22)21-10-11-24(26,27)17-21/h2-5,7-9,13-14,16,21,31H,6,10-12,15,17-18H2,1H3/q+1. The molecule has 3 aromatic rings. The first-order chi connectivity index (χ1) is 15.8. The molecule has 4 rings (SSSR count). The summed E-state index contributed by atoms with van der Waals surface area (Å²) in [5, 5.41) is 13.0. The molecule has 1 saturated carbocycles. The van der Waals surface area contributed by atoms with E-state index in [1.54, 1.807) is 17.5 Å². The Hall–Kier alpha value is -2.58. The highest BCUT2D eigenvalue weighted by atomic mass is 32.1. The summed E-state index contributed by atoms with van der Waals surface area (Å²) in [6.45, 7) is 3.55. The minimum absolute atomic E-state index is 0.0838. The van der Waals surface area contributed by atoms with Gasteiger partial charge in [-0.2, -0.15) is 0 Å². The molecule has 33 heavy (non-hydrogen) atoms. The van der Waals surface area contributed by atoms with Gasteiger partial charge in [-0.3, -0.25) is 0 Å². The SMILES string of the molecule is Cc1n(CCCOC(=O)C(O)(c2cccs2)C2CCC(F)(F)C2)cc[n+]1Cc1ccccc1. The van der Waals surface area contributed by atoms with E-state index in [0.717, 1.165) is 12.4 Å². The van der Waals surface area contributed by atoms with Gasteiger partial charge in [0, 0.05) is 37.0 Å². The van der Waals surface area contributed by atoms with Crippen LogP contribution in [0.25, 0.3) is 0 Å². The average molecular weight is 476 g/mol. The van der Waals surface area contributed by atoms with Crippen LogP contribution in [-0.4, -0.2) is 28.2 Å². The van der Waals surface area contributed by atoms with Crippen molar-refractivity contribution < 1.29 is 28.0 Å². The van der Waals surface area contributed by atoms with E-state index in [-0.39, 0.29) is 19.4 Å². The topological polar surface area (TPSA) is 55.3 Å². The Labute approximate surface area is 196 Å². The highest BCUT2D eigenvalue weighted by Crippen LogP contribution is 2.48. The Bertz CT molecular complexity index is 1070. The molecule has 2 heterocycles. The first-order valence-electron chi connectivity index (χ1n) is 11.2. The number of hydrogen-bond donors (Lipinski definition) is 1. The highest BCUT2D eigenvalue weighted by molar-refractivity contribution is 7.10. The molecule has 0 radical (unpaired) electrons. The lowest BCUT2D eigenvalue weighted by molar-refractivity contribution is -0.694. The van der Waals surface area contributed by atoms with Crippen LogP contribution < -0.4 is 4.57 Å². The minimum atomic E-state index is -2.86. The fourth-order valence-corrected chi connectivity index (χ4v) is 5.40. The van der Waals surface area contributed by atoms with E-state index >= 15 is 0 Å². The maximum absolute atomic E-state index is 13.8. The van der Waals surface area contributed by atoms with Gasteiger partial charge in [0.05, 0.1) is 13.2 Å². The maximum atomic E-state index is 13.8. The molecule has 1 aromatic carbocycles. The van der Waals surface area contributed by atoms with Crippen LogP contribution in [0.5, 0.6) is 0 Å². The third-order valence-corrected chi connectivity index (χ3v) is 7.43. The largest absolute Gasteiger partial charge is 0.463 e. The van der Waals surface area contributed by atoms with Gasteiger partial charge < -0.3 is 9.84 Å². The lowest BCUT2D eigenvalue weighted by Gasteiger charge is -2.30. The molecule has 8 heteroatoms. The molecular weight excluding hydrogens is 446 g/mol. The number of nitrogens with zero attached hydrogens (tertiary/aromatic N) is 2. The zero-order valence-electron chi connectivity index (χ0n) is 18.6. The van der Waals surface area contributed by atoms with Crippen molar-refractivity contribution in [1.82, 2.24) is 4.57 Å². The zero-order chi connectivity index (χ0) is 23.5. The highest BCUT2D eigenvalue weighted by Gasteiger charge is 2.55. The molecule has 0 aliphatic heterocycles. The number of alkyl halides is 2. The third-order valence-electron chi connectivity index (χ3n) is 6.43. The van der Waals surface area contributed by atoms with Crippen molar-refractivity contribution in [3.63, 3.8) is 0 Å². The number of thiophene rings is 1. The average Bonchev–Trinajstić information content (AvgIpc) is 3.54. The second kappa shape index (κ2) is 9.73. The number of imidazole rings is 1. The number of ether oxygens (including phenoxy) is 1. The molecule has 0 amide bonds. The quantitative estimate of drug-likeness (QED) is 0.283. The number of benzene rings is 1. The molecule has 5 nitrogen and oxygen atoms in total. The van der Waals surface area contributed by atoms with Gasteiger partial charge >= 0.3 is 5.97 Å². The van der Waals surface area contributed by atoms with E-state index in [4.69, 9.17) is 4.74 Å². The lowest BCUT2D eigenvalue weighted by atomic mass is 9.84. The van der Waals surface area contributed by atoms with Crippen molar-refractivity contribution >= 4 is 17.3 Å². The summed E-state index contributed by atoms with van der Waals surface area (Å²) in [7, 11) is 0. The Morgan fingerprint density at radius 1 is 1.30 bits per heavy atom. The first-order valence-corrected chi connectivity index (χ1v) is 12.1. The number of halogens is 2. The van der Waals surface area contributed by atoms with E-state index in [0.29, 0.717) is 17.8 Å². The zero-order valence-corrected chi connectivity index (χ0v) is 19.4. The van der Waals surface area contributed by atoms with Gasteiger partial charge in [-0.1, -0.05) is 36.4 Å². The summed E-state index contributed by atoms with van der Waals surface area (Å²) in [5.41, 5.74) is -0.821. The van der Waals surface area contributed by atoms with Crippen molar-refractivity contribution in [2.24, 2.45) is 5.92 Å². The summed E-state index contributed by atoms with van der Waals surface area (Å²) >= 11 is 1.18. The van der Waals surface area contributed by atoms with Crippen LogP contribution >= 0.6 is 11.3 Å². The van der Waals surface area contributed by atoms with E-state index < -0.39 is 29.8 Å². The number of carbonyl (C=O) groups excluding carboxylic acids is 1. The molecule has 176 valence electrons. The number of carbonyl (C=O) groups is 1. The van der Waals surface area contributed by atoms with Gasteiger partial charge in [-0.15, -0.1) is 11.3 Å². The summed E-state index contributed by atoms with van der Waals surface area (Å²) in [6, 6.07) is 13.5. The Morgan fingerprint density at radius 2 is 2.09 bits per heavy atom. The van der Waals surface area contributed by atoms with Crippen LogP contribution in [0.2, 0.25) is 0 Å². The number of aromatic nitrogens is 2. The molecule has 1 aliphatic carbocycles. The monoisotopic (exact) mass is 475 g/mol. The van der Waals surface area contributed by atoms with E-state index in [1.807, 2.05) is 37.5 Å². The summed E-state index contributed by atoms with van der Waals surface area (Å²) in [6.07, 6.45) is 3.80. The van der Waals surface area contributed by atoms with Crippen molar-refractivity contribution in [1.29, 1.82) is 0 Å². The van der Waals surface area contributed by atoms with E-state index in [9.17, 15) is 18.7 Å². The van der Waals surface area contributed by atoms with Crippen LogP contribution in [0.1, 0.15) is 41.9 Å². The van der Waals surface area contributed by atoms with Gasteiger partial charge in [0.25, 0.3) is 5.82 Å². The predicted molar refractivity (Wildman–Crippen MR) is 121 cm³/mol. The number of rotatable bonds is 9. The predicted octanol–water partition coefficient (Wildman–Crippen LogP) is 4.45. The molecule has 2 atom stereocenters. The lowest BCUT2D eigenvalue weighted by Crippen LogP contribution is -2.43. The Morgan fingerprint density at radius 3 is 2.76 bits per heavy atom. The molecular formula is C25H29F2N2O3S+. The van der Waals surface area contributed by atoms with E-state index in [2.05, 4.69) is 21.3 Å². The van der Waals surface area contributed by atoms with Crippen molar-refractivity contribution in [2.45, 2.75) is 57.2 Å². The number of esters is 1. The molecule has 0 saturated heterocycles. The van der Waals surface area contributed by atoms with Crippen LogP contribution in [-0.2, 0) is 28.2 Å². The van der Waals surface area contributed by atoms with Crippen LogP contribution in [0.3, 0.4) is 0 Å². The first kappa shape index (κ1) is 23.6. The van der Waals surface area contributed by atoms with E-state index in [1.165, 1.54) is 16.9 Å². The van der Waals surface area contributed by atoms with Gasteiger partial charge in [0.1, 0.15) is 18.9 Å². The number of aryl methyl sites for hydroxylation is 1. The molecule has 1 fully saturated rings. The Balaban J connectivity index is 1.35. The van der Waals surface area contributed by atoms with Gasteiger partial charge in [-0.25, -0.2) is 22.7 Å². The minimum Gasteiger partial charge on any atom is -0.463 e. The molecule has 1 aliphatic rings. The second-order valence-electron chi connectivity index (χ2n) is 8.68. The molecule has 0 bridgehead atoms. The number of hydrogen-bond acceptors (Lipinski definition) is 4. The molecule has 2 unspecified atom stereocenters. The van der Waals surface area contributed by atoms with Crippen LogP contribution in [0.4, 0.5) is 8.78 Å². The Kier molecular flexibility index (Phi) is 6.95. The molecule has 0 spiro atoms. The fourth-order valence-electron chi connectivity index (χ4n) is 4.51. The van der Waals surface area contributed by atoms with Gasteiger partial charge in [0.2, 0.25) is 5.92 Å². The maximum Gasteiger partial charge on any atom is 0.343 e. The molecule has 1 N–H and O–H groups in total. The van der Waals surface area contributed by atoms with Crippen LogP contribution in [0.15, 0.2) is 60.2 Å². The second-order valence-corrected chi connectivity index (χ2v) is 9.63. The summed E-state index contributed by atoms with van der Waals surface area (Å²) < 4.78 is 37.3. The smallest absolute Gasteiger partial charge is 0.343 e. The summed E-state index contributed by atoms with van der Waals surface area (Å²) in [4.78, 5) is 13.3. The van der Waals surface area contributed by atoms with Crippen LogP contribution in [0, 0.1) is 12.8 Å². The van der Waals surface area contributed by atoms with Crippen molar-refractivity contribution in [3.8, 4) is 0 Å². The fraction of sp³-hybridized carbons (Fsp3) is 0.440. The molecule has 2 aromatic heterocycles. The van der Waals surface area contributed by atoms with Crippen molar-refractivity contribution in [2.75, 3.05) is 6.61 Å². The number of aliphatic hydroxyl groups is 1. The summed E-state index contributed by atoms with van der Waals surface area (Å²) in [5.74, 6) is -3.48. The van der Waals surface area contributed by atoms with Crippen molar-refractivity contribution in [3.05, 3.63) is 76.5 Å². The van der Waals surface area contributed by atoms with Gasteiger partial charge in [0.15, 0.2) is 5.60 Å². The normalized spacial score (nSPS) is 19.3. The van der Waals surface area contributed by atoms with Gasteiger partial charge in [-0.05, 0) is 23.4 Å².